The highest BCUT2D eigenvalue weighted by Crippen LogP contribution is 2.31. The van der Waals surface area contributed by atoms with Crippen LogP contribution in [0.1, 0.15) is 35.4 Å². The van der Waals surface area contributed by atoms with Gasteiger partial charge in [-0.2, -0.15) is 5.10 Å². The van der Waals surface area contributed by atoms with Crippen LogP contribution in [0.2, 0.25) is 0 Å². The lowest BCUT2D eigenvalue weighted by molar-refractivity contribution is -0.130. The van der Waals surface area contributed by atoms with Gasteiger partial charge in [-0.15, -0.1) is 0 Å². The minimum Gasteiger partial charge on any atom is -0.493 e. The molecule has 7 nitrogen and oxygen atoms in total. The van der Waals surface area contributed by atoms with E-state index in [9.17, 15) is 9.59 Å². The highest BCUT2D eigenvalue weighted by Gasteiger charge is 2.27. The fourth-order valence-corrected chi connectivity index (χ4v) is 3.17. The van der Waals surface area contributed by atoms with Gasteiger partial charge in [-0.25, -0.2) is 4.79 Å². The molecule has 0 fully saturated rings. The zero-order chi connectivity index (χ0) is 18.8. The van der Waals surface area contributed by atoms with Crippen LogP contribution in [0.25, 0.3) is 10.9 Å². The average Bonchev–Trinajstić information content (AvgIpc) is 3.12. The van der Waals surface area contributed by atoms with Gasteiger partial charge in [0, 0.05) is 17.4 Å². The highest BCUT2D eigenvalue weighted by molar-refractivity contribution is 6.02. The Morgan fingerprint density at radius 2 is 2.00 bits per heavy atom. The standard InChI is InChI=1S/C20H19N3O4/c1-12(27-20(25)18-14-7-2-4-8-16(14)22-23-18)19(24)21-15-10-11-26-17-9-5-3-6-13(15)17/h2-9,12,15H,10-11H2,1H3,(H,21,24)(H,22,23)/t12-,15-/m1/s1. The zero-order valence-electron chi connectivity index (χ0n) is 14.8. The van der Waals surface area contributed by atoms with E-state index in [0.29, 0.717) is 18.4 Å². The number of hydrogen-bond acceptors (Lipinski definition) is 5. The summed E-state index contributed by atoms with van der Waals surface area (Å²) in [4.78, 5) is 25.0. The number of carbonyl (C=O) groups is 2. The van der Waals surface area contributed by atoms with Crippen molar-refractivity contribution in [1.29, 1.82) is 0 Å². The molecule has 0 unspecified atom stereocenters. The fraction of sp³-hybridized carbons (Fsp3) is 0.250. The van der Waals surface area contributed by atoms with Crippen LogP contribution in [-0.2, 0) is 9.53 Å². The normalized spacial score (nSPS) is 16.9. The van der Waals surface area contributed by atoms with Crippen molar-refractivity contribution in [1.82, 2.24) is 15.5 Å². The van der Waals surface area contributed by atoms with E-state index in [0.717, 1.165) is 16.8 Å². The number of para-hydroxylation sites is 2. The molecule has 4 rings (SSSR count). The van der Waals surface area contributed by atoms with Crippen LogP contribution >= 0.6 is 0 Å². The molecule has 0 spiro atoms. The number of fused-ring (bicyclic) bond motifs is 2. The summed E-state index contributed by atoms with van der Waals surface area (Å²) in [5.74, 6) is -0.228. The Hall–Kier alpha value is -3.35. The zero-order valence-corrected chi connectivity index (χ0v) is 14.8. The van der Waals surface area contributed by atoms with Crippen LogP contribution in [0.3, 0.4) is 0 Å². The maximum Gasteiger partial charge on any atom is 0.360 e. The van der Waals surface area contributed by atoms with Gasteiger partial charge in [0.2, 0.25) is 0 Å². The molecule has 0 saturated heterocycles. The minimum absolute atomic E-state index is 0.168. The molecule has 1 aromatic heterocycles. The molecule has 7 heteroatoms. The van der Waals surface area contributed by atoms with Gasteiger partial charge in [-0.3, -0.25) is 9.89 Å². The van der Waals surface area contributed by atoms with E-state index in [1.54, 1.807) is 13.0 Å². The summed E-state index contributed by atoms with van der Waals surface area (Å²) in [6.45, 7) is 2.07. The largest absolute Gasteiger partial charge is 0.493 e. The number of nitrogens with zero attached hydrogens (tertiary/aromatic N) is 1. The maximum atomic E-state index is 12.5. The van der Waals surface area contributed by atoms with Crippen molar-refractivity contribution in [2.75, 3.05) is 6.61 Å². The molecule has 0 saturated carbocycles. The van der Waals surface area contributed by atoms with Crippen molar-refractivity contribution in [3.63, 3.8) is 0 Å². The predicted molar refractivity (Wildman–Crippen MR) is 98.4 cm³/mol. The topological polar surface area (TPSA) is 93.3 Å². The SMILES string of the molecule is C[C@@H](OC(=O)c1n[nH]c2ccccc12)C(=O)N[C@@H]1CCOc2ccccc21. The number of benzene rings is 2. The molecule has 2 aromatic carbocycles. The first-order valence-electron chi connectivity index (χ1n) is 8.79. The summed E-state index contributed by atoms with van der Waals surface area (Å²) in [6.07, 6.45) is -0.282. The summed E-state index contributed by atoms with van der Waals surface area (Å²) in [5, 5.41) is 10.4. The Labute approximate surface area is 155 Å². The number of nitrogens with one attached hydrogen (secondary N) is 2. The van der Waals surface area contributed by atoms with E-state index in [1.807, 2.05) is 42.5 Å². The third-order valence-corrected chi connectivity index (χ3v) is 4.59. The molecule has 27 heavy (non-hydrogen) atoms. The molecular formula is C20H19N3O4. The smallest absolute Gasteiger partial charge is 0.360 e. The quantitative estimate of drug-likeness (QED) is 0.694. The molecule has 0 aliphatic carbocycles. The number of ether oxygens (including phenoxy) is 2. The summed E-state index contributed by atoms with van der Waals surface area (Å²) in [6, 6.07) is 14.7. The average molecular weight is 365 g/mol. The molecule has 3 aromatic rings. The number of carbonyl (C=O) groups excluding carboxylic acids is 2. The van der Waals surface area contributed by atoms with Crippen LogP contribution < -0.4 is 10.1 Å². The Kier molecular flexibility index (Phi) is 4.50. The van der Waals surface area contributed by atoms with E-state index in [1.165, 1.54) is 0 Å². The first-order chi connectivity index (χ1) is 13.1. The van der Waals surface area contributed by atoms with Crippen molar-refractivity contribution < 1.29 is 19.1 Å². The number of hydrogen-bond donors (Lipinski definition) is 2. The van der Waals surface area contributed by atoms with E-state index in [4.69, 9.17) is 9.47 Å². The van der Waals surface area contributed by atoms with E-state index in [-0.39, 0.29) is 17.6 Å². The maximum absolute atomic E-state index is 12.5. The Bertz CT molecular complexity index is 998. The lowest BCUT2D eigenvalue weighted by Crippen LogP contribution is -2.39. The van der Waals surface area contributed by atoms with Crippen molar-refractivity contribution in [3.8, 4) is 5.75 Å². The van der Waals surface area contributed by atoms with Crippen molar-refractivity contribution in [2.24, 2.45) is 0 Å². The number of esters is 1. The Balaban J connectivity index is 1.43. The van der Waals surface area contributed by atoms with Crippen molar-refractivity contribution in [3.05, 3.63) is 59.8 Å². The lowest BCUT2D eigenvalue weighted by atomic mass is 10.0. The minimum atomic E-state index is -0.942. The van der Waals surface area contributed by atoms with Gasteiger partial charge in [0.1, 0.15) is 5.75 Å². The molecular weight excluding hydrogens is 346 g/mol. The summed E-state index contributed by atoms with van der Waals surface area (Å²) >= 11 is 0. The van der Waals surface area contributed by atoms with E-state index >= 15 is 0 Å². The second kappa shape index (κ2) is 7.11. The molecule has 0 bridgehead atoms. The van der Waals surface area contributed by atoms with Crippen LogP contribution in [0.15, 0.2) is 48.5 Å². The number of H-pyrrole nitrogens is 1. The number of amides is 1. The molecule has 138 valence electrons. The van der Waals surface area contributed by atoms with Gasteiger partial charge >= 0.3 is 5.97 Å². The van der Waals surface area contributed by atoms with Crippen molar-refractivity contribution in [2.45, 2.75) is 25.5 Å². The molecule has 2 atom stereocenters. The van der Waals surface area contributed by atoms with Crippen LogP contribution in [0, 0.1) is 0 Å². The highest BCUT2D eigenvalue weighted by atomic mass is 16.5. The summed E-state index contributed by atoms with van der Waals surface area (Å²) in [7, 11) is 0. The Morgan fingerprint density at radius 3 is 2.89 bits per heavy atom. The molecule has 0 radical (unpaired) electrons. The lowest BCUT2D eigenvalue weighted by Gasteiger charge is -2.27. The predicted octanol–water partition coefficient (Wildman–Crippen LogP) is 2.75. The monoisotopic (exact) mass is 365 g/mol. The first kappa shape index (κ1) is 17.1. The molecule has 1 amide bonds. The number of aromatic nitrogens is 2. The third kappa shape index (κ3) is 3.36. The van der Waals surface area contributed by atoms with Gasteiger partial charge in [0.25, 0.3) is 5.91 Å². The fourth-order valence-electron chi connectivity index (χ4n) is 3.17. The second-order valence-electron chi connectivity index (χ2n) is 6.40. The van der Waals surface area contributed by atoms with Gasteiger partial charge < -0.3 is 14.8 Å². The van der Waals surface area contributed by atoms with Gasteiger partial charge in [-0.05, 0) is 19.1 Å². The third-order valence-electron chi connectivity index (χ3n) is 4.59. The van der Waals surface area contributed by atoms with Gasteiger partial charge in [-0.1, -0.05) is 36.4 Å². The van der Waals surface area contributed by atoms with Crippen molar-refractivity contribution >= 4 is 22.8 Å². The molecule has 2 N–H and O–H groups in total. The van der Waals surface area contributed by atoms with E-state index in [2.05, 4.69) is 15.5 Å². The molecule has 1 aliphatic heterocycles. The van der Waals surface area contributed by atoms with Gasteiger partial charge in [0.15, 0.2) is 11.8 Å². The summed E-state index contributed by atoms with van der Waals surface area (Å²) < 4.78 is 10.9. The number of rotatable bonds is 4. The van der Waals surface area contributed by atoms with Crippen LogP contribution in [0.4, 0.5) is 0 Å². The van der Waals surface area contributed by atoms with E-state index < -0.39 is 12.1 Å². The molecule has 2 heterocycles. The first-order valence-corrected chi connectivity index (χ1v) is 8.79. The number of aromatic amines is 1. The van der Waals surface area contributed by atoms with Gasteiger partial charge in [0.05, 0.1) is 18.2 Å². The molecule has 1 aliphatic rings. The Morgan fingerprint density at radius 1 is 1.22 bits per heavy atom. The van der Waals surface area contributed by atoms with Crippen LogP contribution in [-0.4, -0.2) is 34.8 Å². The summed E-state index contributed by atoms with van der Waals surface area (Å²) in [5.41, 5.74) is 1.83. The second-order valence-corrected chi connectivity index (χ2v) is 6.40. The van der Waals surface area contributed by atoms with Crippen LogP contribution in [0.5, 0.6) is 5.75 Å².